The topological polar surface area (TPSA) is 69.6 Å². The van der Waals surface area contributed by atoms with Gasteiger partial charge in [0.25, 0.3) is 0 Å². The van der Waals surface area contributed by atoms with Crippen molar-refractivity contribution >= 4 is 5.97 Å². The SMILES string of the molecule is CC(CO)NC1CCC1C(=O)O. The Morgan fingerprint density at radius 3 is 2.67 bits per heavy atom. The van der Waals surface area contributed by atoms with Crippen molar-refractivity contribution < 1.29 is 15.0 Å². The Morgan fingerprint density at radius 2 is 2.33 bits per heavy atom. The zero-order valence-corrected chi connectivity index (χ0v) is 7.16. The highest BCUT2D eigenvalue weighted by Gasteiger charge is 2.36. The highest BCUT2D eigenvalue weighted by molar-refractivity contribution is 5.72. The Labute approximate surface area is 71.6 Å². The van der Waals surface area contributed by atoms with E-state index in [1.54, 1.807) is 0 Å². The van der Waals surface area contributed by atoms with E-state index < -0.39 is 5.97 Å². The summed E-state index contributed by atoms with van der Waals surface area (Å²) in [5.41, 5.74) is 0. The van der Waals surface area contributed by atoms with Crippen LogP contribution in [0.1, 0.15) is 19.8 Å². The molecule has 1 aliphatic carbocycles. The van der Waals surface area contributed by atoms with Gasteiger partial charge in [-0.25, -0.2) is 0 Å². The summed E-state index contributed by atoms with van der Waals surface area (Å²) in [5.74, 6) is -0.983. The van der Waals surface area contributed by atoms with Gasteiger partial charge in [0.2, 0.25) is 0 Å². The molecule has 1 aliphatic rings. The third-order valence-electron chi connectivity index (χ3n) is 2.36. The molecule has 0 aromatic rings. The van der Waals surface area contributed by atoms with Gasteiger partial charge in [0.15, 0.2) is 0 Å². The van der Waals surface area contributed by atoms with Crippen molar-refractivity contribution in [2.24, 2.45) is 5.92 Å². The first-order chi connectivity index (χ1) is 5.65. The van der Waals surface area contributed by atoms with E-state index in [-0.39, 0.29) is 24.6 Å². The summed E-state index contributed by atoms with van der Waals surface area (Å²) >= 11 is 0. The summed E-state index contributed by atoms with van der Waals surface area (Å²) in [6.45, 7) is 1.90. The lowest BCUT2D eigenvalue weighted by molar-refractivity contribution is -0.146. The molecule has 4 heteroatoms. The molecule has 0 bridgehead atoms. The molecule has 3 N–H and O–H groups in total. The van der Waals surface area contributed by atoms with E-state index in [4.69, 9.17) is 10.2 Å². The molecule has 12 heavy (non-hydrogen) atoms. The van der Waals surface area contributed by atoms with Crippen molar-refractivity contribution in [3.63, 3.8) is 0 Å². The molecule has 0 saturated heterocycles. The summed E-state index contributed by atoms with van der Waals surface area (Å²) in [7, 11) is 0. The maximum absolute atomic E-state index is 10.6. The summed E-state index contributed by atoms with van der Waals surface area (Å²) in [6, 6.07) is 0.0572. The molecule has 1 saturated carbocycles. The van der Waals surface area contributed by atoms with Gasteiger partial charge in [-0.15, -0.1) is 0 Å². The molecular weight excluding hydrogens is 158 g/mol. The van der Waals surface area contributed by atoms with E-state index in [9.17, 15) is 4.79 Å². The third-order valence-corrected chi connectivity index (χ3v) is 2.36. The van der Waals surface area contributed by atoms with E-state index in [2.05, 4.69) is 5.32 Å². The van der Waals surface area contributed by atoms with Crippen LogP contribution in [0.2, 0.25) is 0 Å². The zero-order chi connectivity index (χ0) is 9.14. The van der Waals surface area contributed by atoms with E-state index >= 15 is 0 Å². The molecule has 1 rings (SSSR count). The Morgan fingerprint density at radius 1 is 1.67 bits per heavy atom. The van der Waals surface area contributed by atoms with Crippen molar-refractivity contribution in [2.45, 2.75) is 31.8 Å². The number of rotatable bonds is 4. The number of aliphatic hydroxyl groups excluding tert-OH is 1. The average Bonchev–Trinajstić information content (AvgIpc) is 1.96. The maximum Gasteiger partial charge on any atom is 0.308 e. The predicted octanol–water partition coefficient (Wildman–Crippen LogP) is -0.180. The molecule has 3 unspecified atom stereocenters. The number of nitrogens with one attached hydrogen (secondary N) is 1. The van der Waals surface area contributed by atoms with Gasteiger partial charge in [-0.3, -0.25) is 4.79 Å². The van der Waals surface area contributed by atoms with Crippen LogP contribution in [0.4, 0.5) is 0 Å². The summed E-state index contributed by atoms with van der Waals surface area (Å²) in [5, 5.41) is 20.5. The zero-order valence-electron chi connectivity index (χ0n) is 7.16. The standard InChI is InChI=1S/C8H15NO3/c1-5(4-10)9-7-3-2-6(7)8(11)12/h5-7,9-10H,2-4H2,1H3,(H,11,12). The van der Waals surface area contributed by atoms with Crippen LogP contribution in [0.3, 0.4) is 0 Å². The van der Waals surface area contributed by atoms with Gasteiger partial charge in [-0.05, 0) is 19.8 Å². The van der Waals surface area contributed by atoms with Crippen molar-refractivity contribution in [3.8, 4) is 0 Å². The molecule has 0 heterocycles. The predicted molar refractivity (Wildman–Crippen MR) is 43.8 cm³/mol. The number of aliphatic hydroxyl groups is 1. The molecule has 70 valence electrons. The molecule has 1 fully saturated rings. The minimum Gasteiger partial charge on any atom is -0.481 e. The van der Waals surface area contributed by atoms with Gasteiger partial charge in [0, 0.05) is 12.1 Å². The summed E-state index contributed by atoms with van der Waals surface area (Å²) in [4.78, 5) is 10.6. The third kappa shape index (κ3) is 1.95. The Balaban J connectivity index is 2.29. The average molecular weight is 173 g/mol. The molecular formula is C8H15NO3. The molecule has 0 radical (unpaired) electrons. The van der Waals surface area contributed by atoms with Crippen molar-refractivity contribution in [1.29, 1.82) is 0 Å². The number of carboxylic acids is 1. The molecule has 0 aromatic heterocycles. The first kappa shape index (κ1) is 9.48. The van der Waals surface area contributed by atoms with Gasteiger partial charge in [-0.2, -0.15) is 0 Å². The maximum atomic E-state index is 10.6. The Bertz CT molecular complexity index is 172. The van der Waals surface area contributed by atoms with Crippen molar-refractivity contribution in [1.82, 2.24) is 5.32 Å². The lowest BCUT2D eigenvalue weighted by Crippen LogP contribution is -2.51. The summed E-state index contributed by atoms with van der Waals surface area (Å²) < 4.78 is 0. The number of hydrogen-bond donors (Lipinski definition) is 3. The smallest absolute Gasteiger partial charge is 0.308 e. The summed E-state index contributed by atoms with van der Waals surface area (Å²) in [6.07, 6.45) is 1.66. The molecule has 0 aliphatic heterocycles. The van der Waals surface area contributed by atoms with Gasteiger partial charge in [0.05, 0.1) is 12.5 Å². The monoisotopic (exact) mass is 173 g/mol. The Kier molecular flexibility index (Phi) is 3.05. The van der Waals surface area contributed by atoms with E-state index in [1.165, 1.54) is 0 Å². The van der Waals surface area contributed by atoms with Gasteiger partial charge in [0.1, 0.15) is 0 Å². The minimum atomic E-state index is -0.733. The molecule has 3 atom stereocenters. The van der Waals surface area contributed by atoms with Crippen molar-refractivity contribution in [2.75, 3.05) is 6.61 Å². The number of carbonyl (C=O) groups is 1. The van der Waals surface area contributed by atoms with E-state index in [0.717, 1.165) is 12.8 Å². The van der Waals surface area contributed by atoms with Crippen LogP contribution in [0.15, 0.2) is 0 Å². The molecule has 4 nitrogen and oxygen atoms in total. The Hall–Kier alpha value is -0.610. The highest BCUT2D eigenvalue weighted by atomic mass is 16.4. The lowest BCUT2D eigenvalue weighted by Gasteiger charge is -2.35. The second-order valence-corrected chi connectivity index (χ2v) is 3.38. The number of carboxylic acid groups (broad SMARTS) is 1. The first-order valence-electron chi connectivity index (χ1n) is 4.25. The quantitative estimate of drug-likeness (QED) is 0.551. The van der Waals surface area contributed by atoms with Crippen LogP contribution in [-0.2, 0) is 4.79 Å². The largest absolute Gasteiger partial charge is 0.481 e. The van der Waals surface area contributed by atoms with Crippen LogP contribution in [-0.4, -0.2) is 34.9 Å². The van der Waals surface area contributed by atoms with Crippen LogP contribution in [0.25, 0.3) is 0 Å². The minimum absolute atomic E-state index is 0.00264. The normalized spacial score (nSPS) is 30.8. The number of hydrogen-bond acceptors (Lipinski definition) is 3. The number of aliphatic carboxylic acids is 1. The second kappa shape index (κ2) is 3.87. The fourth-order valence-corrected chi connectivity index (χ4v) is 1.41. The van der Waals surface area contributed by atoms with Crippen LogP contribution in [0.5, 0.6) is 0 Å². The van der Waals surface area contributed by atoms with Crippen LogP contribution < -0.4 is 5.32 Å². The molecule has 0 amide bonds. The van der Waals surface area contributed by atoms with Crippen LogP contribution >= 0.6 is 0 Å². The lowest BCUT2D eigenvalue weighted by atomic mass is 9.79. The van der Waals surface area contributed by atoms with Gasteiger partial charge in [-0.1, -0.05) is 0 Å². The highest BCUT2D eigenvalue weighted by Crippen LogP contribution is 2.27. The first-order valence-corrected chi connectivity index (χ1v) is 4.25. The van der Waals surface area contributed by atoms with Gasteiger partial charge >= 0.3 is 5.97 Å². The second-order valence-electron chi connectivity index (χ2n) is 3.38. The van der Waals surface area contributed by atoms with Crippen molar-refractivity contribution in [3.05, 3.63) is 0 Å². The fraction of sp³-hybridized carbons (Fsp3) is 0.875. The molecule has 0 aromatic carbocycles. The van der Waals surface area contributed by atoms with Gasteiger partial charge < -0.3 is 15.5 Å². The fourth-order valence-electron chi connectivity index (χ4n) is 1.41. The van der Waals surface area contributed by atoms with E-state index in [1.807, 2.05) is 6.92 Å². The van der Waals surface area contributed by atoms with E-state index in [0.29, 0.717) is 0 Å². The van der Waals surface area contributed by atoms with Crippen LogP contribution in [0, 0.1) is 5.92 Å². The molecule has 0 spiro atoms.